The number of benzene rings is 6. The van der Waals surface area contributed by atoms with Crippen LogP contribution in [0.4, 0.5) is 0 Å². The topological polar surface area (TPSA) is 9.23 Å². The van der Waals surface area contributed by atoms with Crippen molar-refractivity contribution < 1.29 is 4.74 Å². The van der Waals surface area contributed by atoms with Gasteiger partial charge in [-0.05, 0) is 78.8 Å². The zero-order valence-electron chi connectivity index (χ0n) is 17.9. The average Bonchev–Trinajstić information content (AvgIpc) is 2.88. The van der Waals surface area contributed by atoms with E-state index in [9.17, 15) is 0 Å². The van der Waals surface area contributed by atoms with Gasteiger partial charge in [0.05, 0.1) is 7.11 Å². The van der Waals surface area contributed by atoms with Crippen LogP contribution < -0.4 is 4.74 Å². The van der Waals surface area contributed by atoms with Crippen molar-refractivity contribution in [2.24, 2.45) is 0 Å². The Balaban J connectivity index is 1.57. The summed E-state index contributed by atoms with van der Waals surface area (Å²) in [4.78, 5) is 0. The van der Waals surface area contributed by atoms with E-state index in [0.29, 0.717) is 0 Å². The molecule has 1 heteroatoms. The Bertz CT molecular complexity index is 1580. The van der Waals surface area contributed by atoms with Crippen LogP contribution in [0.2, 0.25) is 0 Å². The molecule has 0 N–H and O–H groups in total. The van der Waals surface area contributed by atoms with Crippen LogP contribution >= 0.6 is 0 Å². The summed E-state index contributed by atoms with van der Waals surface area (Å²) in [7, 11) is 1.71. The van der Waals surface area contributed by atoms with Gasteiger partial charge in [-0.1, -0.05) is 91.0 Å². The number of rotatable bonds is 3. The molecule has 0 atom stereocenters. The Morgan fingerprint density at radius 1 is 0.375 bits per heavy atom. The van der Waals surface area contributed by atoms with E-state index in [4.69, 9.17) is 4.74 Å². The van der Waals surface area contributed by atoms with Crippen molar-refractivity contribution in [1.82, 2.24) is 0 Å². The quantitative estimate of drug-likeness (QED) is 0.266. The molecule has 0 radical (unpaired) electrons. The Hall–Kier alpha value is -4.10. The van der Waals surface area contributed by atoms with E-state index in [0.717, 1.165) is 11.3 Å². The molecule has 0 heterocycles. The summed E-state index contributed by atoms with van der Waals surface area (Å²) in [5.41, 5.74) is 4.78. The van der Waals surface area contributed by atoms with Crippen molar-refractivity contribution in [3.8, 4) is 28.0 Å². The minimum absolute atomic E-state index is 0.872. The van der Waals surface area contributed by atoms with E-state index in [2.05, 4.69) is 103 Å². The number of fused-ring (bicyclic) bond motifs is 6. The molecule has 6 aromatic carbocycles. The van der Waals surface area contributed by atoms with Gasteiger partial charge < -0.3 is 4.74 Å². The molecule has 0 amide bonds. The van der Waals surface area contributed by atoms with Crippen molar-refractivity contribution >= 4 is 32.3 Å². The van der Waals surface area contributed by atoms with Gasteiger partial charge in [0.25, 0.3) is 0 Å². The summed E-state index contributed by atoms with van der Waals surface area (Å²) in [5.74, 6) is 0.872. The molecule has 0 aliphatic rings. The van der Waals surface area contributed by atoms with E-state index >= 15 is 0 Å². The van der Waals surface area contributed by atoms with Crippen molar-refractivity contribution in [3.63, 3.8) is 0 Å². The second-order valence-electron chi connectivity index (χ2n) is 8.16. The van der Waals surface area contributed by atoms with Crippen LogP contribution in [-0.2, 0) is 0 Å². The molecule has 6 rings (SSSR count). The summed E-state index contributed by atoms with van der Waals surface area (Å²) in [6, 6.07) is 41.3. The van der Waals surface area contributed by atoms with Crippen LogP contribution in [0.3, 0.4) is 0 Å². The highest BCUT2D eigenvalue weighted by Gasteiger charge is 2.10. The summed E-state index contributed by atoms with van der Waals surface area (Å²) in [6.07, 6.45) is 0. The summed E-state index contributed by atoms with van der Waals surface area (Å²) >= 11 is 0. The zero-order valence-corrected chi connectivity index (χ0v) is 17.9. The molecule has 6 aromatic rings. The normalized spacial score (nSPS) is 11.3. The van der Waals surface area contributed by atoms with E-state index in [1.807, 2.05) is 12.1 Å². The molecular weight excluding hydrogens is 388 g/mol. The largest absolute Gasteiger partial charge is 0.497 e. The third kappa shape index (κ3) is 3.02. The van der Waals surface area contributed by atoms with Gasteiger partial charge in [0.15, 0.2) is 0 Å². The lowest BCUT2D eigenvalue weighted by Crippen LogP contribution is -1.86. The van der Waals surface area contributed by atoms with Gasteiger partial charge in [-0.2, -0.15) is 0 Å². The number of hydrogen-bond donors (Lipinski definition) is 0. The van der Waals surface area contributed by atoms with E-state index in [1.165, 1.54) is 49.0 Å². The Kier molecular flexibility index (Phi) is 4.40. The van der Waals surface area contributed by atoms with Crippen molar-refractivity contribution in [2.75, 3.05) is 7.11 Å². The maximum atomic E-state index is 5.42. The monoisotopic (exact) mass is 410 g/mol. The molecule has 0 aromatic heterocycles. The predicted molar refractivity (Wildman–Crippen MR) is 136 cm³/mol. The van der Waals surface area contributed by atoms with Crippen LogP contribution in [0.1, 0.15) is 0 Å². The third-order valence-electron chi connectivity index (χ3n) is 6.34. The Morgan fingerprint density at radius 2 is 0.844 bits per heavy atom. The first kappa shape index (κ1) is 18.7. The highest BCUT2D eigenvalue weighted by molar-refractivity contribution is 6.25. The third-order valence-corrected chi connectivity index (χ3v) is 6.34. The van der Waals surface area contributed by atoms with Gasteiger partial charge in [-0.3, -0.25) is 0 Å². The molecule has 0 aliphatic carbocycles. The molecule has 32 heavy (non-hydrogen) atoms. The van der Waals surface area contributed by atoms with Crippen LogP contribution in [0.15, 0.2) is 115 Å². The molecule has 0 saturated heterocycles. The summed E-state index contributed by atoms with van der Waals surface area (Å²) in [5, 5.41) is 7.81. The summed E-state index contributed by atoms with van der Waals surface area (Å²) < 4.78 is 5.42. The van der Waals surface area contributed by atoms with Crippen LogP contribution in [0, 0.1) is 0 Å². The molecule has 152 valence electrons. The van der Waals surface area contributed by atoms with Crippen LogP contribution in [0.5, 0.6) is 5.75 Å². The van der Waals surface area contributed by atoms with Gasteiger partial charge in [0.2, 0.25) is 0 Å². The molecule has 0 bridgehead atoms. The molecule has 0 aliphatic heterocycles. The first-order chi connectivity index (χ1) is 15.8. The van der Waals surface area contributed by atoms with Crippen molar-refractivity contribution in [1.29, 1.82) is 0 Å². The minimum atomic E-state index is 0.872. The van der Waals surface area contributed by atoms with Gasteiger partial charge in [0.1, 0.15) is 5.75 Å². The van der Waals surface area contributed by atoms with Gasteiger partial charge in [-0.15, -0.1) is 0 Å². The highest BCUT2D eigenvalue weighted by Crippen LogP contribution is 2.37. The minimum Gasteiger partial charge on any atom is -0.497 e. The van der Waals surface area contributed by atoms with Gasteiger partial charge in [-0.25, -0.2) is 0 Å². The van der Waals surface area contributed by atoms with E-state index in [-0.39, 0.29) is 0 Å². The SMILES string of the molecule is COc1cccc(-c2cccc(-c3ccc4c5ccccc5c5ccccc5c4c3)c2)c1. The molecule has 0 spiro atoms. The second-order valence-corrected chi connectivity index (χ2v) is 8.16. The van der Waals surface area contributed by atoms with Gasteiger partial charge in [0, 0.05) is 0 Å². The lowest BCUT2D eigenvalue weighted by atomic mass is 9.91. The second kappa shape index (κ2) is 7.55. The molecule has 0 fully saturated rings. The fourth-order valence-corrected chi connectivity index (χ4v) is 4.77. The lowest BCUT2D eigenvalue weighted by molar-refractivity contribution is 0.415. The molecule has 0 saturated carbocycles. The Morgan fingerprint density at radius 3 is 1.44 bits per heavy atom. The standard InChI is InChI=1S/C31H22O/c1-32-25-11-7-10-23(19-25)21-8-6-9-22(18-21)24-16-17-30-28-14-3-2-12-26(28)27-13-4-5-15-29(27)31(30)20-24/h2-20H,1H3. The van der Waals surface area contributed by atoms with Gasteiger partial charge >= 0.3 is 0 Å². The predicted octanol–water partition coefficient (Wildman–Crippen LogP) is 8.49. The van der Waals surface area contributed by atoms with E-state index in [1.54, 1.807) is 7.11 Å². The fourth-order valence-electron chi connectivity index (χ4n) is 4.77. The summed E-state index contributed by atoms with van der Waals surface area (Å²) in [6.45, 7) is 0. The average molecular weight is 411 g/mol. The maximum absolute atomic E-state index is 5.42. The first-order valence-electron chi connectivity index (χ1n) is 10.9. The maximum Gasteiger partial charge on any atom is 0.119 e. The van der Waals surface area contributed by atoms with Crippen molar-refractivity contribution in [3.05, 3.63) is 115 Å². The lowest BCUT2D eigenvalue weighted by Gasteiger charge is -2.12. The number of hydrogen-bond acceptors (Lipinski definition) is 1. The highest BCUT2D eigenvalue weighted by atomic mass is 16.5. The molecule has 0 unspecified atom stereocenters. The molecule has 1 nitrogen and oxygen atoms in total. The molecular formula is C31H22O. The Labute approximate surface area is 187 Å². The smallest absolute Gasteiger partial charge is 0.119 e. The fraction of sp³-hybridized carbons (Fsp3) is 0.0323. The number of ether oxygens (including phenoxy) is 1. The van der Waals surface area contributed by atoms with Crippen LogP contribution in [0.25, 0.3) is 54.6 Å². The van der Waals surface area contributed by atoms with Crippen LogP contribution in [-0.4, -0.2) is 7.11 Å². The van der Waals surface area contributed by atoms with Crippen molar-refractivity contribution in [2.45, 2.75) is 0 Å². The zero-order chi connectivity index (χ0) is 21.5. The first-order valence-corrected chi connectivity index (χ1v) is 10.9. The van der Waals surface area contributed by atoms with E-state index < -0.39 is 0 Å². The number of methoxy groups -OCH3 is 1.